The summed E-state index contributed by atoms with van der Waals surface area (Å²) in [5.74, 6) is -1.75. The molecule has 1 fully saturated rings. The number of fused-ring (bicyclic) bond motifs is 1. The van der Waals surface area contributed by atoms with Crippen LogP contribution >= 0.6 is 11.3 Å². The average Bonchev–Trinajstić information content (AvgIpc) is 2.97. The number of morpholine rings is 1. The first-order chi connectivity index (χ1) is 11.9. The first-order valence-electron chi connectivity index (χ1n) is 7.44. The van der Waals surface area contributed by atoms with Gasteiger partial charge in [-0.1, -0.05) is 17.4 Å². The molecule has 25 heavy (non-hydrogen) atoms. The number of pyridine rings is 1. The molecule has 134 valence electrons. The molecule has 10 heteroatoms. The van der Waals surface area contributed by atoms with Gasteiger partial charge in [-0.25, -0.2) is 13.2 Å². The molecule has 0 bridgehead atoms. The van der Waals surface area contributed by atoms with Crippen LogP contribution in [0, 0.1) is 0 Å². The Hall–Kier alpha value is -2.17. The van der Waals surface area contributed by atoms with Crippen molar-refractivity contribution in [3.05, 3.63) is 34.6 Å². The molecule has 0 saturated carbocycles. The van der Waals surface area contributed by atoms with Crippen LogP contribution in [0.4, 0.5) is 5.00 Å². The SMILES string of the molecule is C=CCS(=O)(=O)c1c(N2CCOCC2)sc2[nH]cc(C(=O)O)c(=O)c12. The number of carboxylic acid groups (broad SMARTS) is 1. The number of hydrogen-bond donors (Lipinski definition) is 2. The molecule has 0 aromatic carbocycles. The number of ether oxygens (including phenoxy) is 1. The Morgan fingerprint density at radius 1 is 1.44 bits per heavy atom. The van der Waals surface area contributed by atoms with Crippen molar-refractivity contribution in [2.75, 3.05) is 37.0 Å². The molecule has 2 aromatic rings. The summed E-state index contributed by atoms with van der Waals surface area (Å²) >= 11 is 1.13. The zero-order valence-corrected chi connectivity index (χ0v) is 14.8. The fourth-order valence-corrected chi connectivity index (χ4v) is 5.77. The minimum atomic E-state index is -3.84. The van der Waals surface area contributed by atoms with Gasteiger partial charge in [0, 0.05) is 19.3 Å². The number of nitrogens with zero attached hydrogens (tertiary/aromatic N) is 1. The number of aromatic amines is 1. The predicted octanol–water partition coefficient (Wildman–Crippen LogP) is 1.08. The van der Waals surface area contributed by atoms with E-state index in [1.54, 1.807) is 0 Å². The molecule has 1 aliphatic rings. The summed E-state index contributed by atoms with van der Waals surface area (Å²) in [5.41, 5.74) is -1.30. The van der Waals surface area contributed by atoms with E-state index in [9.17, 15) is 18.0 Å². The van der Waals surface area contributed by atoms with Gasteiger partial charge in [0.25, 0.3) is 0 Å². The first-order valence-corrected chi connectivity index (χ1v) is 9.91. The molecule has 3 rings (SSSR count). The summed E-state index contributed by atoms with van der Waals surface area (Å²) < 4.78 is 30.9. The van der Waals surface area contributed by atoms with Crippen LogP contribution in [-0.4, -0.2) is 56.5 Å². The van der Waals surface area contributed by atoms with E-state index in [1.807, 2.05) is 4.90 Å². The molecular formula is C15H16N2O6S2. The van der Waals surface area contributed by atoms with E-state index in [4.69, 9.17) is 9.84 Å². The minimum Gasteiger partial charge on any atom is -0.477 e. The van der Waals surface area contributed by atoms with E-state index in [1.165, 1.54) is 6.08 Å². The fraction of sp³-hybridized carbons (Fsp3) is 0.333. The standard InChI is InChI=1S/C15H16N2O6S2/c1-2-7-25(21,22)12-10-11(18)9(15(19)20)8-16-13(10)24-14(12)17-3-5-23-6-4-17/h2,8H,1,3-7H2,(H,16,18)(H,19,20). The van der Waals surface area contributed by atoms with Gasteiger partial charge in [-0.2, -0.15) is 0 Å². The van der Waals surface area contributed by atoms with Crippen LogP contribution in [-0.2, 0) is 14.6 Å². The van der Waals surface area contributed by atoms with Gasteiger partial charge in [-0.3, -0.25) is 4.79 Å². The zero-order valence-electron chi connectivity index (χ0n) is 13.1. The van der Waals surface area contributed by atoms with E-state index in [2.05, 4.69) is 11.6 Å². The molecule has 0 spiro atoms. The molecule has 1 aliphatic heterocycles. The van der Waals surface area contributed by atoms with Gasteiger partial charge in [0.1, 0.15) is 20.3 Å². The minimum absolute atomic E-state index is 0.103. The predicted molar refractivity (Wildman–Crippen MR) is 94.7 cm³/mol. The summed E-state index contributed by atoms with van der Waals surface area (Å²) in [5, 5.41) is 9.49. The molecule has 8 nitrogen and oxygen atoms in total. The van der Waals surface area contributed by atoms with Crippen LogP contribution in [0.25, 0.3) is 10.2 Å². The van der Waals surface area contributed by atoms with Crippen molar-refractivity contribution >= 4 is 42.4 Å². The number of aromatic nitrogens is 1. The van der Waals surface area contributed by atoms with E-state index in [0.717, 1.165) is 17.5 Å². The average molecular weight is 384 g/mol. The number of anilines is 1. The van der Waals surface area contributed by atoms with Crippen molar-refractivity contribution in [2.24, 2.45) is 0 Å². The van der Waals surface area contributed by atoms with Crippen molar-refractivity contribution in [3.63, 3.8) is 0 Å². The van der Waals surface area contributed by atoms with Gasteiger partial charge < -0.3 is 19.7 Å². The summed E-state index contributed by atoms with van der Waals surface area (Å²) in [4.78, 5) is 28.7. The van der Waals surface area contributed by atoms with Gasteiger partial charge in [-0.15, -0.1) is 6.58 Å². The summed E-state index contributed by atoms with van der Waals surface area (Å²) in [6, 6.07) is 0. The van der Waals surface area contributed by atoms with Crippen molar-refractivity contribution in [1.29, 1.82) is 0 Å². The Morgan fingerprint density at radius 3 is 2.72 bits per heavy atom. The second-order valence-corrected chi connectivity index (χ2v) is 8.42. The number of hydrogen-bond acceptors (Lipinski definition) is 7. The number of rotatable bonds is 5. The topological polar surface area (TPSA) is 117 Å². The molecule has 0 atom stereocenters. The highest BCUT2D eigenvalue weighted by Crippen LogP contribution is 2.40. The van der Waals surface area contributed by atoms with Crippen LogP contribution in [0.5, 0.6) is 0 Å². The Balaban J connectivity index is 2.36. The molecule has 0 aliphatic carbocycles. The van der Waals surface area contributed by atoms with E-state index in [-0.39, 0.29) is 16.0 Å². The van der Waals surface area contributed by atoms with E-state index < -0.39 is 26.8 Å². The molecule has 2 aromatic heterocycles. The zero-order chi connectivity index (χ0) is 18.2. The van der Waals surface area contributed by atoms with Gasteiger partial charge in [0.2, 0.25) is 5.43 Å². The van der Waals surface area contributed by atoms with Crippen molar-refractivity contribution < 1.29 is 23.1 Å². The Labute approximate surface area is 147 Å². The summed E-state index contributed by atoms with van der Waals surface area (Å²) in [6.45, 7) is 5.33. The third-order valence-corrected chi connectivity index (χ3v) is 6.85. The quantitative estimate of drug-likeness (QED) is 0.741. The number of aromatic carboxylic acids is 1. The second kappa shape index (κ2) is 6.62. The van der Waals surface area contributed by atoms with Gasteiger partial charge >= 0.3 is 5.97 Å². The maximum Gasteiger partial charge on any atom is 0.341 e. The van der Waals surface area contributed by atoms with Gasteiger partial charge in [0.15, 0.2) is 9.84 Å². The van der Waals surface area contributed by atoms with Crippen LogP contribution < -0.4 is 10.3 Å². The molecule has 0 radical (unpaired) electrons. The third-order valence-electron chi connectivity index (χ3n) is 3.84. The van der Waals surface area contributed by atoms with Crippen LogP contribution in [0.1, 0.15) is 10.4 Å². The Kier molecular flexibility index (Phi) is 4.67. The number of carbonyl (C=O) groups is 1. The molecule has 0 unspecified atom stereocenters. The smallest absolute Gasteiger partial charge is 0.341 e. The molecular weight excluding hydrogens is 368 g/mol. The van der Waals surface area contributed by atoms with Crippen molar-refractivity contribution in [3.8, 4) is 0 Å². The highest BCUT2D eigenvalue weighted by Gasteiger charge is 2.31. The Bertz CT molecular complexity index is 999. The maximum atomic E-state index is 12.8. The number of thiophene rings is 1. The maximum absolute atomic E-state index is 12.8. The molecule has 1 saturated heterocycles. The molecule has 0 amide bonds. The first kappa shape index (κ1) is 17.6. The normalized spacial score (nSPS) is 15.4. The highest BCUT2D eigenvalue weighted by atomic mass is 32.2. The van der Waals surface area contributed by atoms with Crippen molar-refractivity contribution in [2.45, 2.75) is 4.90 Å². The van der Waals surface area contributed by atoms with E-state index in [0.29, 0.717) is 36.1 Å². The van der Waals surface area contributed by atoms with Gasteiger partial charge in [0.05, 0.1) is 24.4 Å². The summed E-state index contributed by atoms with van der Waals surface area (Å²) in [7, 11) is -3.84. The van der Waals surface area contributed by atoms with Crippen LogP contribution in [0.15, 0.2) is 28.5 Å². The molecule has 2 N–H and O–H groups in total. The lowest BCUT2D eigenvalue weighted by Crippen LogP contribution is -2.36. The fourth-order valence-electron chi connectivity index (χ4n) is 2.71. The Morgan fingerprint density at radius 2 is 2.12 bits per heavy atom. The lowest BCUT2D eigenvalue weighted by molar-refractivity contribution is 0.0695. The number of carboxylic acids is 1. The monoisotopic (exact) mass is 384 g/mol. The largest absolute Gasteiger partial charge is 0.477 e. The van der Waals surface area contributed by atoms with Crippen LogP contribution in [0.3, 0.4) is 0 Å². The highest BCUT2D eigenvalue weighted by molar-refractivity contribution is 7.92. The second-order valence-electron chi connectivity index (χ2n) is 5.45. The number of nitrogens with one attached hydrogen (secondary N) is 1. The van der Waals surface area contributed by atoms with E-state index >= 15 is 0 Å². The lowest BCUT2D eigenvalue weighted by atomic mass is 10.2. The van der Waals surface area contributed by atoms with Crippen molar-refractivity contribution in [1.82, 2.24) is 4.98 Å². The lowest BCUT2D eigenvalue weighted by Gasteiger charge is -2.28. The number of sulfone groups is 1. The van der Waals surface area contributed by atoms with Gasteiger partial charge in [-0.05, 0) is 0 Å². The number of H-pyrrole nitrogens is 1. The summed E-state index contributed by atoms with van der Waals surface area (Å²) in [6.07, 6.45) is 2.34. The molecule has 3 heterocycles. The third kappa shape index (κ3) is 3.08. The van der Waals surface area contributed by atoms with Crippen LogP contribution in [0.2, 0.25) is 0 Å².